The van der Waals surface area contributed by atoms with Gasteiger partial charge in [-0.15, -0.1) is 0 Å². The molecule has 1 fully saturated rings. The summed E-state index contributed by atoms with van der Waals surface area (Å²) in [6, 6.07) is 17.5. The third-order valence-corrected chi connectivity index (χ3v) is 5.36. The van der Waals surface area contributed by atoms with Gasteiger partial charge in [0, 0.05) is 37.8 Å². The number of nitriles is 1. The van der Waals surface area contributed by atoms with Gasteiger partial charge in [-0.25, -0.2) is 9.97 Å². The monoisotopic (exact) mass is 430 g/mol. The molecule has 7 heteroatoms. The Morgan fingerprint density at radius 1 is 1.12 bits per heavy atom. The van der Waals surface area contributed by atoms with E-state index in [4.69, 9.17) is 19.2 Å². The van der Waals surface area contributed by atoms with Crippen LogP contribution in [0.2, 0.25) is 0 Å². The molecule has 0 bridgehead atoms. The summed E-state index contributed by atoms with van der Waals surface area (Å²) in [5, 5.41) is 9.35. The molecule has 2 aromatic carbocycles. The van der Waals surface area contributed by atoms with Gasteiger partial charge in [0.2, 0.25) is 0 Å². The predicted octanol–water partition coefficient (Wildman–Crippen LogP) is 3.33. The van der Waals surface area contributed by atoms with E-state index >= 15 is 0 Å². The summed E-state index contributed by atoms with van der Waals surface area (Å²) < 4.78 is 16.6. The summed E-state index contributed by atoms with van der Waals surface area (Å²) in [4.78, 5) is 11.5. The van der Waals surface area contributed by atoms with Crippen molar-refractivity contribution in [2.45, 2.75) is 6.42 Å². The Labute approximate surface area is 188 Å². The maximum atomic E-state index is 9.35. The maximum Gasteiger partial charge on any atom is 0.136 e. The first-order valence-electron chi connectivity index (χ1n) is 10.7. The maximum absolute atomic E-state index is 9.35. The Hall–Kier alpha value is -3.47. The van der Waals surface area contributed by atoms with Crippen LogP contribution in [0.3, 0.4) is 0 Å². The van der Waals surface area contributed by atoms with Gasteiger partial charge in [-0.2, -0.15) is 5.26 Å². The Morgan fingerprint density at radius 3 is 2.81 bits per heavy atom. The van der Waals surface area contributed by atoms with Crippen LogP contribution in [0.25, 0.3) is 11.3 Å². The van der Waals surface area contributed by atoms with E-state index in [0.29, 0.717) is 30.2 Å². The Balaban J connectivity index is 1.41. The van der Waals surface area contributed by atoms with E-state index in [2.05, 4.69) is 16.0 Å². The zero-order chi connectivity index (χ0) is 22.2. The minimum absolute atomic E-state index is 0.479. The third-order valence-electron chi connectivity index (χ3n) is 5.36. The Bertz CT molecular complexity index is 1090. The molecule has 0 unspecified atom stereocenters. The minimum Gasteiger partial charge on any atom is -0.495 e. The van der Waals surface area contributed by atoms with Crippen molar-refractivity contribution in [3.8, 4) is 28.8 Å². The second-order valence-corrected chi connectivity index (χ2v) is 7.51. The first-order valence-corrected chi connectivity index (χ1v) is 10.7. The smallest absolute Gasteiger partial charge is 0.136 e. The van der Waals surface area contributed by atoms with E-state index in [1.54, 1.807) is 25.4 Å². The number of methoxy groups -OCH3 is 1. The molecule has 0 radical (unpaired) electrons. The van der Waals surface area contributed by atoms with Crippen molar-refractivity contribution >= 4 is 0 Å². The van der Waals surface area contributed by atoms with Crippen molar-refractivity contribution in [2.75, 3.05) is 46.6 Å². The van der Waals surface area contributed by atoms with Gasteiger partial charge < -0.3 is 14.2 Å². The van der Waals surface area contributed by atoms with E-state index < -0.39 is 0 Å². The number of ether oxygens (including phenoxy) is 3. The number of aromatic nitrogens is 2. The van der Waals surface area contributed by atoms with Crippen LogP contribution in [0.5, 0.6) is 11.5 Å². The molecule has 4 rings (SSSR count). The van der Waals surface area contributed by atoms with E-state index in [9.17, 15) is 5.26 Å². The second-order valence-electron chi connectivity index (χ2n) is 7.51. The standard InChI is InChI=1S/C25H26N4O3/c1-30-24-6-5-20(17-21(24)18-26)23-7-8-27-25(28-23)16-19-3-2-4-22(15-19)32-14-11-29-9-12-31-13-10-29/h2-8,15,17H,9-14,16H2,1H3. The summed E-state index contributed by atoms with van der Waals surface area (Å²) in [7, 11) is 1.55. The molecule has 1 saturated heterocycles. The molecule has 0 N–H and O–H groups in total. The van der Waals surface area contributed by atoms with Gasteiger partial charge in [0.25, 0.3) is 0 Å². The molecule has 164 valence electrons. The quantitative estimate of drug-likeness (QED) is 0.542. The van der Waals surface area contributed by atoms with Crippen molar-refractivity contribution in [1.82, 2.24) is 14.9 Å². The molecule has 1 aliphatic rings. The number of benzene rings is 2. The normalized spacial score (nSPS) is 14.0. The highest BCUT2D eigenvalue weighted by atomic mass is 16.5. The summed E-state index contributed by atoms with van der Waals surface area (Å²) in [6.45, 7) is 5.05. The van der Waals surface area contributed by atoms with E-state index in [-0.39, 0.29) is 0 Å². The van der Waals surface area contributed by atoms with Gasteiger partial charge in [-0.05, 0) is 42.0 Å². The third kappa shape index (κ3) is 5.61. The van der Waals surface area contributed by atoms with Gasteiger partial charge in [-0.3, -0.25) is 4.90 Å². The Kier molecular flexibility index (Phi) is 7.28. The van der Waals surface area contributed by atoms with Crippen LogP contribution in [-0.2, 0) is 11.2 Å². The number of hydrogen-bond donors (Lipinski definition) is 0. The van der Waals surface area contributed by atoms with Gasteiger partial charge >= 0.3 is 0 Å². The second kappa shape index (κ2) is 10.7. The summed E-state index contributed by atoms with van der Waals surface area (Å²) in [5.74, 6) is 2.11. The first kappa shape index (κ1) is 21.8. The fraction of sp³-hybridized carbons (Fsp3) is 0.320. The zero-order valence-corrected chi connectivity index (χ0v) is 18.2. The molecule has 0 aliphatic carbocycles. The lowest BCUT2D eigenvalue weighted by molar-refractivity contribution is 0.0322. The number of nitrogens with zero attached hydrogens (tertiary/aromatic N) is 4. The van der Waals surface area contributed by atoms with Crippen molar-refractivity contribution in [3.63, 3.8) is 0 Å². The van der Waals surface area contributed by atoms with Gasteiger partial charge in [-0.1, -0.05) is 12.1 Å². The molecular formula is C25H26N4O3. The largest absolute Gasteiger partial charge is 0.495 e. The molecule has 0 spiro atoms. The number of rotatable bonds is 8. The van der Waals surface area contributed by atoms with E-state index in [1.807, 2.05) is 36.4 Å². The van der Waals surface area contributed by atoms with Crippen LogP contribution in [0.1, 0.15) is 17.0 Å². The lowest BCUT2D eigenvalue weighted by atomic mass is 10.1. The van der Waals surface area contributed by atoms with Crippen LogP contribution >= 0.6 is 0 Å². The molecular weight excluding hydrogens is 404 g/mol. The lowest BCUT2D eigenvalue weighted by Crippen LogP contribution is -2.38. The molecule has 7 nitrogen and oxygen atoms in total. The van der Waals surface area contributed by atoms with Crippen LogP contribution < -0.4 is 9.47 Å². The van der Waals surface area contributed by atoms with Gasteiger partial charge in [0.1, 0.15) is 30.0 Å². The van der Waals surface area contributed by atoms with Crippen LogP contribution in [0, 0.1) is 11.3 Å². The Morgan fingerprint density at radius 2 is 2.00 bits per heavy atom. The minimum atomic E-state index is 0.479. The highest BCUT2D eigenvalue weighted by Gasteiger charge is 2.11. The highest BCUT2D eigenvalue weighted by Crippen LogP contribution is 2.25. The van der Waals surface area contributed by atoms with Gasteiger partial charge in [0.15, 0.2) is 0 Å². The summed E-state index contributed by atoms with van der Waals surface area (Å²) >= 11 is 0. The highest BCUT2D eigenvalue weighted by molar-refractivity contribution is 5.64. The number of morpholine rings is 1. The summed E-state index contributed by atoms with van der Waals surface area (Å²) in [6.07, 6.45) is 2.34. The average Bonchev–Trinajstić information content (AvgIpc) is 2.85. The van der Waals surface area contributed by atoms with Crippen molar-refractivity contribution in [2.24, 2.45) is 0 Å². The van der Waals surface area contributed by atoms with Crippen LogP contribution in [-0.4, -0.2) is 61.4 Å². The first-order chi connectivity index (χ1) is 15.7. The van der Waals surface area contributed by atoms with Crippen molar-refractivity contribution < 1.29 is 14.2 Å². The topological polar surface area (TPSA) is 80.5 Å². The predicted molar refractivity (Wildman–Crippen MR) is 121 cm³/mol. The molecule has 2 heterocycles. The fourth-order valence-corrected chi connectivity index (χ4v) is 3.64. The number of hydrogen-bond acceptors (Lipinski definition) is 7. The molecule has 1 aliphatic heterocycles. The van der Waals surface area contributed by atoms with Crippen LogP contribution in [0.15, 0.2) is 54.7 Å². The SMILES string of the molecule is COc1ccc(-c2ccnc(Cc3cccc(OCCN4CCOCC4)c3)n2)cc1C#N. The molecule has 1 aromatic heterocycles. The zero-order valence-electron chi connectivity index (χ0n) is 18.2. The van der Waals surface area contributed by atoms with Crippen LogP contribution in [0.4, 0.5) is 0 Å². The molecule has 0 atom stereocenters. The molecule has 0 amide bonds. The van der Waals surface area contributed by atoms with E-state index in [0.717, 1.165) is 55.4 Å². The van der Waals surface area contributed by atoms with Gasteiger partial charge in [0.05, 0.1) is 31.6 Å². The average molecular weight is 431 g/mol. The molecule has 0 saturated carbocycles. The van der Waals surface area contributed by atoms with Crippen molar-refractivity contribution in [1.29, 1.82) is 5.26 Å². The molecule has 32 heavy (non-hydrogen) atoms. The van der Waals surface area contributed by atoms with E-state index in [1.165, 1.54) is 0 Å². The molecule has 3 aromatic rings. The van der Waals surface area contributed by atoms with Crippen molar-refractivity contribution in [3.05, 3.63) is 71.7 Å². The summed E-state index contributed by atoms with van der Waals surface area (Å²) in [5.41, 5.74) is 3.18. The fourth-order valence-electron chi connectivity index (χ4n) is 3.64. The lowest BCUT2D eigenvalue weighted by Gasteiger charge is -2.26.